The van der Waals surface area contributed by atoms with Crippen LogP contribution in [0.4, 0.5) is 23.5 Å². The van der Waals surface area contributed by atoms with Crippen molar-refractivity contribution >= 4 is 17.7 Å². The van der Waals surface area contributed by atoms with E-state index in [2.05, 4.69) is 40.7 Å². The Labute approximate surface area is 208 Å². The minimum absolute atomic E-state index is 0.00901. The molecule has 1 aromatic carbocycles. The molecule has 4 N–H and O–H groups in total. The van der Waals surface area contributed by atoms with E-state index in [1.54, 1.807) is 27.8 Å². The van der Waals surface area contributed by atoms with Crippen LogP contribution in [0.1, 0.15) is 48.4 Å². The number of benzene rings is 1. The van der Waals surface area contributed by atoms with Crippen LogP contribution in [0.5, 0.6) is 0 Å². The molecular formula is C22H23F4N9O2. The molecule has 0 saturated carbocycles. The molecule has 0 radical (unpaired) electrons. The number of carbonyl (C=O) groups is 1. The summed E-state index contributed by atoms with van der Waals surface area (Å²) in [4.78, 5) is 31.6. The van der Waals surface area contributed by atoms with Gasteiger partial charge in [-0.15, -0.1) is 0 Å². The van der Waals surface area contributed by atoms with Crippen molar-refractivity contribution < 1.29 is 26.9 Å². The highest BCUT2D eigenvalue weighted by molar-refractivity contribution is 5.92. The third kappa shape index (κ3) is 6.62. The number of alkyl halides is 3. The van der Waals surface area contributed by atoms with Crippen LogP contribution in [-0.2, 0) is 18.1 Å². The van der Waals surface area contributed by atoms with Crippen molar-refractivity contribution in [1.82, 2.24) is 35.7 Å². The average molecular weight is 521 g/mol. The summed E-state index contributed by atoms with van der Waals surface area (Å²) >= 11 is 0. The molecule has 0 aliphatic carbocycles. The molecule has 0 saturated heterocycles. The summed E-state index contributed by atoms with van der Waals surface area (Å²) in [5.74, 6) is -3.34. The summed E-state index contributed by atoms with van der Waals surface area (Å²) in [6.45, 7) is 4.67. The molecule has 2 aromatic heterocycles. The van der Waals surface area contributed by atoms with Gasteiger partial charge < -0.3 is 20.9 Å². The molecule has 0 aliphatic rings. The first-order valence-corrected chi connectivity index (χ1v) is 10.7. The van der Waals surface area contributed by atoms with Crippen LogP contribution < -0.4 is 16.4 Å². The van der Waals surface area contributed by atoms with E-state index in [1.165, 1.54) is 12.3 Å². The SMILES string of the molecule is CN/C=C\C(N)=Nc1ncnc(-c2ccc(CNC(=O)c3noc(C(C)(C)C)n3)c(C(F)(F)F)c2F)n1. The van der Waals surface area contributed by atoms with Crippen molar-refractivity contribution in [3.63, 3.8) is 0 Å². The van der Waals surface area contributed by atoms with Crippen molar-refractivity contribution in [2.45, 2.75) is 38.9 Å². The van der Waals surface area contributed by atoms with E-state index in [1.807, 2.05) is 0 Å². The fourth-order valence-electron chi connectivity index (χ4n) is 2.91. The summed E-state index contributed by atoms with van der Waals surface area (Å²) in [5.41, 5.74) is 2.48. The van der Waals surface area contributed by atoms with Gasteiger partial charge in [-0.3, -0.25) is 4.79 Å². The second kappa shape index (κ2) is 10.7. The Bertz CT molecular complexity index is 1340. The van der Waals surface area contributed by atoms with Gasteiger partial charge in [-0.2, -0.15) is 33.1 Å². The standard InChI is InChI=1S/C22H23F4N9O2/c1-21(2,3)19-33-17(35-37-19)18(36)29-9-11-5-6-12(15(23)14(11)22(24,25)26)16-30-10-31-20(34-16)32-13(27)7-8-28-4/h5-8,10,28H,9H2,1-4H3,(H,29,36)(H2,27,30,31,32,34)/b8-7-. The molecule has 0 unspecified atom stereocenters. The average Bonchev–Trinajstić information content (AvgIpc) is 3.32. The molecule has 11 nitrogen and oxygen atoms in total. The normalized spacial score (nSPS) is 12.7. The first-order chi connectivity index (χ1) is 17.3. The first-order valence-electron chi connectivity index (χ1n) is 10.7. The molecule has 0 bridgehead atoms. The Morgan fingerprint density at radius 2 is 1.92 bits per heavy atom. The highest BCUT2D eigenvalue weighted by atomic mass is 19.4. The number of hydrogen-bond donors (Lipinski definition) is 3. The maximum absolute atomic E-state index is 15.2. The van der Waals surface area contributed by atoms with Gasteiger partial charge >= 0.3 is 6.18 Å². The maximum atomic E-state index is 15.2. The molecule has 0 spiro atoms. The van der Waals surface area contributed by atoms with Crippen LogP contribution in [0.15, 0.2) is 40.3 Å². The van der Waals surface area contributed by atoms with Crippen LogP contribution in [0.25, 0.3) is 11.4 Å². The first kappa shape index (κ1) is 27.2. The van der Waals surface area contributed by atoms with Crippen molar-refractivity contribution in [3.8, 4) is 11.4 Å². The van der Waals surface area contributed by atoms with Gasteiger partial charge in [-0.25, -0.2) is 9.37 Å². The van der Waals surface area contributed by atoms with Crippen molar-refractivity contribution in [2.75, 3.05) is 7.05 Å². The summed E-state index contributed by atoms with van der Waals surface area (Å²) in [7, 11) is 1.63. The number of aromatic nitrogens is 5. The van der Waals surface area contributed by atoms with Crippen LogP contribution >= 0.6 is 0 Å². The number of nitrogens with two attached hydrogens (primary N) is 1. The number of amides is 1. The Balaban J connectivity index is 1.91. The largest absolute Gasteiger partial charge is 0.419 e. The van der Waals surface area contributed by atoms with Gasteiger partial charge in [0.2, 0.25) is 5.89 Å². The molecule has 196 valence electrons. The topological polar surface area (TPSA) is 157 Å². The Hall–Kier alpha value is -4.43. The number of hydrogen-bond acceptors (Lipinski definition) is 9. The van der Waals surface area contributed by atoms with Crippen molar-refractivity contribution in [1.29, 1.82) is 0 Å². The van der Waals surface area contributed by atoms with Gasteiger partial charge in [-0.05, 0) is 23.9 Å². The summed E-state index contributed by atoms with van der Waals surface area (Å²) in [6, 6.07) is 2.07. The lowest BCUT2D eigenvalue weighted by molar-refractivity contribution is -0.140. The minimum Gasteiger partial charge on any atom is -0.394 e. The van der Waals surface area contributed by atoms with Gasteiger partial charge in [0.1, 0.15) is 18.0 Å². The van der Waals surface area contributed by atoms with Crippen LogP contribution in [0, 0.1) is 5.82 Å². The lowest BCUT2D eigenvalue weighted by Gasteiger charge is -2.16. The number of aliphatic imine (C=N–C) groups is 1. The molecule has 3 aromatic rings. The van der Waals surface area contributed by atoms with Gasteiger partial charge in [0, 0.05) is 19.0 Å². The monoisotopic (exact) mass is 521 g/mol. The Morgan fingerprint density at radius 1 is 1.19 bits per heavy atom. The Morgan fingerprint density at radius 3 is 2.54 bits per heavy atom. The molecule has 2 heterocycles. The third-order valence-corrected chi connectivity index (χ3v) is 4.67. The fraction of sp³-hybridized carbons (Fsp3) is 0.318. The maximum Gasteiger partial charge on any atom is 0.419 e. The predicted molar refractivity (Wildman–Crippen MR) is 124 cm³/mol. The van der Waals surface area contributed by atoms with Crippen molar-refractivity contribution in [2.24, 2.45) is 10.7 Å². The number of halogens is 4. The zero-order valence-electron chi connectivity index (χ0n) is 20.2. The molecule has 0 atom stereocenters. The van der Waals surface area contributed by atoms with Crippen LogP contribution in [0.3, 0.4) is 0 Å². The second-order valence-corrected chi connectivity index (χ2v) is 8.58. The third-order valence-electron chi connectivity index (χ3n) is 4.67. The number of nitrogens with zero attached hydrogens (tertiary/aromatic N) is 6. The molecule has 3 rings (SSSR count). The van der Waals surface area contributed by atoms with E-state index in [0.29, 0.717) is 0 Å². The smallest absolute Gasteiger partial charge is 0.394 e. The molecule has 0 aliphatic heterocycles. The minimum atomic E-state index is -5.10. The number of amidine groups is 1. The van der Waals surface area contributed by atoms with Gasteiger partial charge in [-0.1, -0.05) is 32.0 Å². The molecule has 15 heteroatoms. The highest BCUT2D eigenvalue weighted by Crippen LogP contribution is 2.37. The number of rotatable bonds is 7. The Kier molecular flexibility index (Phi) is 7.84. The van der Waals surface area contributed by atoms with Crippen LogP contribution in [0.2, 0.25) is 0 Å². The molecular weight excluding hydrogens is 498 g/mol. The highest BCUT2D eigenvalue weighted by Gasteiger charge is 2.38. The quantitative estimate of drug-likeness (QED) is 0.241. The summed E-state index contributed by atoms with van der Waals surface area (Å²) in [6.07, 6.45) is -1.25. The zero-order chi connectivity index (χ0) is 27.4. The predicted octanol–water partition coefficient (Wildman–Crippen LogP) is 3.03. The van der Waals surface area contributed by atoms with Crippen LogP contribution in [-0.4, -0.2) is 43.9 Å². The number of carbonyl (C=O) groups excluding carboxylic acids is 1. The van der Waals surface area contributed by atoms with Gasteiger partial charge in [0.15, 0.2) is 5.82 Å². The number of nitrogens with one attached hydrogen (secondary N) is 2. The zero-order valence-corrected chi connectivity index (χ0v) is 20.2. The summed E-state index contributed by atoms with van der Waals surface area (Å²) < 4.78 is 61.8. The molecule has 1 amide bonds. The van der Waals surface area contributed by atoms with Crippen molar-refractivity contribution in [3.05, 3.63) is 59.4 Å². The lowest BCUT2D eigenvalue weighted by atomic mass is 9.97. The van der Waals surface area contributed by atoms with E-state index in [-0.39, 0.29) is 29.3 Å². The van der Waals surface area contributed by atoms with E-state index in [4.69, 9.17) is 10.3 Å². The van der Waals surface area contributed by atoms with E-state index in [9.17, 15) is 18.0 Å². The molecule has 37 heavy (non-hydrogen) atoms. The van der Waals surface area contributed by atoms with Gasteiger partial charge in [0.25, 0.3) is 17.7 Å². The second-order valence-electron chi connectivity index (χ2n) is 8.58. The van der Waals surface area contributed by atoms with E-state index < -0.39 is 46.6 Å². The molecule has 0 fully saturated rings. The van der Waals surface area contributed by atoms with E-state index >= 15 is 4.39 Å². The summed E-state index contributed by atoms with van der Waals surface area (Å²) in [5, 5.41) is 8.49. The van der Waals surface area contributed by atoms with Gasteiger partial charge in [0.05, 0.1) is 11.1 Å². The lowest BCUT2D eigenvalue weighted by Crippen LogP contribution is -2.26. The fourth-order valence-corrected chi connectivity index (χ4v) is 2.91. The van der Waals surface area contributed by atoms with E-state index in [0.717, 1.165) is 18.5 Å².